The maximum absolute atomic E-state index is 11.9. The molecule has 0 aliphatic carbocycles. The largest absolute Gasteiger partial charge is 0.348 e. The molecule has 0 aliphatic rings. The van der Waals surface area contributed by atoms with Gasteiger partial charge in [-0.1, -0.05) is 24.3 Å². The molecule has 2 rings (SSSR count). The number of hydrogen-bond acceptors (Lipinski definition) is 4. The van der Waals surface area contributed by atoms with Gasteiger partial charge in [-0.05, 0) is 30.2 Å². The number of nitrogens with one attached hydrogen (secondary N) is 2. The summed E-state index contributed by atoms with van der Waals surface area (Å²) in [5.74, 6) is 5.58. The van der Waals surface area contributed by atoms with Crippen molar-refractivity contribution >= 4 is 11.7 Å². The lowest BCUT2D eigenvalue weighted by Gasteiger charge is -2.08. The van der Waals surface area contributed by atoms with Gasteiger partial charge in [0.25, 0.3) is 5.91 Å². The maximum Gasteiger partial charge on any atom is 0.253 e. The van der Waals surface area contributed by atoms with Crippen molar-refractivity contribution < 1.29 is 4.79 Å². The summed E-state index contributed by atoms with van der Waals surface area (Å²) >= 11 is 0. The van der Waals surface area contributed by atoms with Crippen LogP contribution >= 0.6 is 0 Å². The Balaban J connectivity index is 1.99. The molecule has 0 atom stereocenters. The lowest BCUT2D eigenvalue weighted by Crippen LogP contribution is -2.23. The second-order valence-electron chi connectivity index (χ2n) is 4.19. The molecule has 5 heteroatoms. The molecule has 0 spiro atoms. The summed E-state index contributed by atoms with van der Waals surface area (Å²) in [6.45, 7) is 2.52. The number of hydrogen-bond donors (Lipinski definition) is 3. The standard InChI is InChI=1S/C14H16N4O/c1-10-4-2-3-5-11(10)8-17-14(19)12-6-7-13(18-15)16-9-12/h2-7,9H,8,15H2,1H3,(H,16,18)(H,17,19). The first-order valence-electron chi connectivity index (χ1n) is 5.96. The number of carbonyl (C=O) groups excluding carboxylic acids is 1. The number of aromatic nitrogens is 1. The molecule has 19 heavy (non-hydrogen) atoms. The summed E-state index contributed by atoms with van der Waals surface area (Å²) in [5.41, 5.74) is 5.18. The average Bonchev–Trinajstić information content (AvgIpc) is 2.46. The molecule has 0 saturated carbocycles. The van der Waals surface area contributed by atoms with Crippen LogP contribution in [0, 0.1) is 6.92 Å². The molecule has 1 amide bonds. The van der Waals surface area contributed by atoms with E-state index in [4.69, 9.17) is 5.84 Å². The molecular formula is C14H16N4O. The number of benzene rings is 1. The van der Waals surface area contributed by atoms with Gasteiger partial charge in [-0.3, -0.25) is 4.79 Å². The highest BCUT2D eigenvalue weighted by molar-refractivity contribution is 5.94. The van der Waals surface area contributed by atoms with Crippen LogP contribution in [0.25, 0.3) is 0 Å². The minimum atomic E-state index is -0.153. The van der Waals surface area contributed by atoms with E-state index in [1.807, 2.05) is 31.2 Å². The van der Waals surface area contributed by atoms with Gasteiger partial charge in [-0.15, -0.1) is 0 Å². The number of pyridine rings is 1. The number of nitrogen functional groups attached to an aromatic ring is 1. The van der Waals surface area contributed by atoms with Gasteiger partial charge in [0, 0.05) is 12.7 Å². The highest BCUT2D eigenvalue weighted by atomic mass is 16.1. The smallest absolute Gasteiger partial charge is 0.253 e. The molecule has 0 fully saturated rings. The van der Waals surface area contributed by atoms with Gasteiger partial charge in [0.2, 0.25) is 0 Å². The van der Waals surface area contributed by atoms with Gasteiger partial charge >= 0.3 is 0 Å². The summed E-state index contributed by atoms with van der Waals surface area (Å²) < 4.78 is 0. The van der Waals surface area contributed by atoms with Crippen LogP contribution in [-0.2, 0) is 6.54 Å². The lowest BCUT2D eigenvalue weighted by molar-refractivity contribution is 0.0950. The van der Waals surface area contributed by atoms with Crippen LogP contribution < -0.4 is 16.6 Å². The lowest BCUT2D eigenvalue weighted by atomic mass is 10.1. The molecule has 0 aliphatic heterocycles. The van der Waals surface area contributed by atoms with Crippen LogP contribution in [-0.4, -0.2) is 10.9 Å². The topological polar surface area (TPSA) is 80.0 Å². The molecular weight excluding hydrogens is 240 g/mol. The van der Waals surface area contributed by atoms with Gasteiger partial charge in [0.15, 0.2) is 0 Å². The molecule has 2 aromatic rings. The number of carbonyl (C=O) groups is 1. The normalized spacial score (nSPS) is 10.0. The van der Waals surface area contributed by atoms with Crippen molar-refractivity contribution in [2.24, 2.45) is 5.84 Å². The first kappa shape index (κ1) is 13.0. The number of amides is 1. The van der Waals surface area contributed by atoms with E-state index in [-0.39, 0.29) is 5.91 Å². The molecule has 1 aromatic carbocycles. The molecule has 5 nitrogen and oxygen atoms in total. The Kier molecular flexibility index (Phi) is 4.10. The van der Waals surface area contributed by atoms with Crippen molar-refractivity contribution in [1.82, 2.24) is 10.3 Å². The fourth-order valence-corrected chi connectivity index (χ4v) is 1.70. The predicted octanol–water partition coefficient (Wildman–Crippen LogP) is 1.61. The Morgan fingerprint density at radius 3 is 2.68 bits per heavy atom. The van der Waals surface area contributed by atoms with E-state index in [0.717, 1.165) is 11.1 Å². The fraction of sp³-hybridized carbons (Fsp3) is 0.143. The number of rotatable bonds is 4. The SMILES string of the molecule is Cc1ccccc1CNC(=O)c1ccc(NN)nc1. The number of hydrazine groups is 1. The molecule has 1 heterocycles. The van der Waals surface area contributed by atoms with Crippen molar-refractivity contribution in [3.63, 3.8) is 0 Å². The third-order valence-corrected chi connectivity index (χ3v) is 2.87. The maximum atomic E-state index is 11.9. The van der Waals surface area contributed by atoms with Gasteiger partial charge in [-0.2, -0.15) is 0 Å². The van der Waals surface area contributed by atoms with E-state index >= 15 is 0 Å². The minimum absolute atomic E-state index is 0.153. The van der Waals surface area contributed by atoms with Crippen LogP contribution in [0.5, 0.6) is 0 Å². The van der Waals surface area contributed by atoms with Crippen molar-refractivity contribution in [3.8, 4) is 0 Å². The van der Waals surface area contributed by atoms with Crippen LogP contribution in [0.3, 0.4) is 0 Å². The predicted molar refractivity (Wildman–Crippen MR) is 74.4 cm³/mol. The molecule has 98 valence electrons. The van der Waals surface area contributed by atoms with Crippen molar-refractivity contribution in [2.75, 3.05) is 5.43 Å². The van der Waals surface area contributed by atoms with E-state index < -0.39 is 0 Å². The zero-order valence-corrected chi connectivity index (χ0v) is 10.7. The van der Waals surface area contributed by atoms with E-state index in [9.17, 15) is 4.79 Å². The molecule has 0 saturated heterocycles. The Labute approximate surface area is 111 Å². The molecule has 0 radical (unpaired) electrons. The van der Waals surface area contributed by atoms with Crippen LogP contribution in [0.4, 0.5) is 5.82 Å². The number of anilines is 1. The summed E-state index contributed by atoms with van der Waals surface area (Å²) in [5, 5.41) is 2.86. The first-order valence-corrected chi connectivity index (χ1v) is 5.96. The quantitative estimate of drug-likeness (QED) is 0.573. The van der Waals surface area contributed by atoms with E-state index in [1.54, 1.807) is 12.1 Å². The van der Waals surface area contributed by atoms with Crippen LogP contribution in [0.1, 0.15) is 21.5 Å². The second-order valence-corrected chi connectivity index (χ2v) is 4.19. The Hall–Kier alpha value is -2.40. The van der Waals surface area contributed by atoms with Gasteiger partial charge in [-0.25, -0.2) is 10.8 Å². The zero-order valence-electron chi connectivity index (χ0n) is 10.7. The highest BCUT2D eigenvalue weighted by Crippen LogP contribution is 2.07. The molecule has 1 aromatic heterocycles. The fourth-order valence-electron chi connectivity index (χ4n) is 1.70. The van der Waals surface area contributed by atoms with Gasteiger partial charge < -0.3 is 10.7 Å². The molecule has 0 unspecified atom stereocenters. The Morgan fingerprint density at radius 1 is 1.26 bits per heavy atom. The van der Waals surface area contributed by atoms with Crippen molar-refractivity contribution in [1.29, 1.82) is 0 Å². The highest BCUT2D eigenvalue weighted by Gasteiger charge is 2.06. The van der Waals surface area contributed by atoms with E-state index in [1.165, 1.54) is 6.20 Å². The summed E-state index contributed by atoms with van der Waals surface area (Å²) in [6, 6.07) is 11.3. The van der Waals surface area contributed by atoms with E-state index in [2.05, 4.69) is 15.7 Å². The monoisotopic (exact) mass is 256 g/mol. The van der Waals surface area contributed by atoms with Crippen molar-refractivity contribution in [2.45, 2.75) is 13.5 Å². The summed E-state index contributed by atoms with van der Waals surface area (Å²) in [7, 11) is 0. The zero-order chi connectivity index (χ0) is 13.7. The van der Waals surface area contributed by atoms with Gasteiger partial charge in [0.1, 0.15) is 5.82 Å². The van der Waals surface area contributed by atoms with E-state index in [0.29, 0.717) is 17.9 Å². The molecule has 4 N–H and O–H groups in total. The van der Waals surface area contributed by atoms with Crippen LogP contribution in [0.2, 0.25) is 0 Å². The third kappa shape index (κ3) is 3.29. The number of aryl methyl sites for hydroxylation is 1. The Morgan fingerprint density at radius 2 is 2.05 bits per heavy atom. The Bertz CT molecular complexity index is 566. The number of nitrogens with zero attached hydrogens (tertiary/aromatic N) is 1. The number of nitrogens with two attached hydrogens (primary N) is 1. The minimum Gasteiger partial charge on any atom is -0.348 e. The average molecular weight is 256 g/mol. The second kappa shape index (κ2) is 5.97. The van der Waals surface area contributed by atoms with Crippen LogP contribution in [0.15, 0.2) is 42.6 Å². The third-order valence-electron chi connectivity index (χ3n) is 2.87. The summed E-state index contributed by atoms with van der Waals surface area (Å²) in [6.07, 6.45) is 1.49. The molecule has 0 bridgehead atoms. The van der Waals surface area contributed by atoms with Gasteiger partial charge in [0.05, 0.1) is 5.56 Å². The van der Waals surface area contributed by atoms with Crippen molar-refractivity contribution in [3.05, 3.63) is 59.3 Å². The first-order chi connectivity index (χ1) is 9.20. The summed E-state index contributed by atoms with van der Waals surface area (Å²) in [4.78, 5) is 15.9.